The normalized spacial score (nSPS) is 12.1. The van der Waals surface area contributed by atoms with Gasteiger partial charge < -0.3 is 5.11 Å². The van der Waals surface area contributed by atoms with Gasteiger partial charge in [-0.2, -0.15) is 10.2 Å². The summed E-state index contributed by atoms with van der Waals surface area (Å²) >= 11 is 0. The average molecular weight is 390 g/mol. The molecule has 0 amide bonds. The monoisotopic (exact) mass is 390 g/mol. The van der Waals surface area contributed by atoms with Crippen LogP contribution < -0.4 is 0 Å². The number of aryl methyl sites for hydroxylation is 1. The summed E-state index contributed by atoms with van der Waals surface area (Å²) in [6.45, 7) is 0. The minimum absolute atomic E-state index is 0.0235. The van der Waals surface area contributed by atoms with Gasteiger partial charge in [-0.3, -0.25) is 14.8 Å². The van der Waals surface area contributed by atoms with Crippen molar-refractivity contribution in [3.8, 4) is 16.8 Å². The van der Waals surface area contributed by atoms with Gasteiger partial charge in [-0.1, -0.05) is 24.3 Å². The van der Waals surface area contributed by atoms with Crippen LogP contribution in [0, 0.1) is 10.1 Å². The molecular formula is C20H18N6O3. The Bertz CT molecular complexity index is 1140. The third-order valence-corrected chi connectivity index (χ3v) is 4.69. The van der Waals surface area contributed by atoms with Crippen molar-refractivity contribution in [3.05, 3.63) is 88.8 Å². The van der Waals surface area contributed by atoms with Crippen LogP contribution in [0.1, 0.15) is 17.2 Å². The lowest BCUT2D eigenvalue weighted by atomic mass is 9.97. The third kappa shape index (κ3) is 3.90. The van der Waals surface area contributed by atoms with Crippen molar-refractivity contribution in [2.24, 2.45) is 7.05 Å². The molecule has 0 aliphatic heterocycles. The summed E-state index contributed by atoms with van der Waals surface area (Å²) in [5.74, 6) is 0. The van der Waals surface area contributed by atoms with Crippen molar-refractivity contribution in [2.75, 3.05) is 0 Å². The van der Waals surface area contributed by atoms with Crippen molar-refractivity contribution < 1.29 is 10.0 Å². The predicted molar refractivity (Wildman–Crippen MR) is 105 cm³/mol. The van der Waals surface area contributed by atoms with Crippen LogP contribution in [0.3, 0.4) is 0 Å². The van der Waals surface area contributed by atoms with Crippen molar-refractivity contribution in [2.45, 2.75) is 12.5 Å². The first-order chi connectivity index (χ1) is 14.0. The van der Waals surface area contributed by atoms with E-state index in [1.165, 1.54) is 12.4 Å². The Labute approximate surface area is 166 Å². The standard InChI is InChI=1S/C20H18N6O3/c1-24-11-17(10-22-24)15-2-3-16(19(8-15)26(28)29)9-20(27)14-4-6-18(7-5-14)25-13-21-12-23-25/h2-8,10-13,20,27H,9H2,1H3. The Kier molecular flexibility index (Phi) is 4.88. The molecule has 9 heteroatoms. The van der Waals surface area contributed by atoms with E-state index >= 15 is 0 Å². The van der Waals surface area contributed by atoms with Gasteiger partial charge in [0.2, 0.25) is 0 Å². The Morgan fingerprint density at radius 3 is 2.55 bits per heavy atom. The Morgan fingerprint density at radius 2 is 1.93 bits per heavy atom. The summed E-state index contributed by atoms with van der Waals surface area (Å²) in [5.41, 5.74) is 3.43. The van der Waals surface area contributed by atoms with E-state index < -0.39 is 11.0 Å². The fourth-order valence-corrected chi connectivity index (χ4v) is 3.17. The molecular weight excluding hydrogens is 372 g/mol. The average Bonchev–Trinajstić information content (AvgIpc) is 3.40. The van der Waals surface area contributed by atoms with E-state index in [1.54, 1.807) is 59.4 Å². The smallest absolute Gasteiger partial charge is 0.273 e. The van der Waals surface area contributed by atoms with E-state index in [-0.39, 0.29) is 12.1 Å². The number of aliphatic hydroxyl groups excluding tert-OH is 1. The van der Waals surface area contributed by atoms with E-state index in [9.17, 15) is 15.2 Å². The molecule has 4 rings (SSSR count). The number of nitro groups is 1. The molecule has 4 aromatic rings. The lowest BCUT2D eigenvalue weighted by Gasteiger charge is -2.13. The van der Waals surface area contributed by atoms with Gasteiger partial charge in [-0.25, -0.2) is 9.67 Å². The zero-order valence-corrected chi connectivity index (χ0v) is 15.6. The zero-order valence-electron chi connectivity index (χ0n) is 15.6. The van der Waals surface area contributed by atoms with Gasteiger partial charge in [0.05, 0.1) is 22.9 Å². The predicted octanol–water partition coefficient (Wildman–Crippen LogP) is 2.85. The van der Waals surface area contributed by atoms with Crippen LogP contribution in [0.15, 0.2) is 67.5 Å². The second-order valence-corrected chi connectivity index (χ2v) is 6.65. The summed E-state index contributed by atoms with van der Waals surface area (Å²) in [7, 11) is 1.79. The topological polar surface area (TPSA) is 112 Å². The molecule has 2 aromatic heterocycles. The molecule has 9 nitrogen and oxygen atoms in total. The SMILES string of the molecule is Cn1cc(-c2ccc(CC(O)c3ccc(-n4cncn4)cc3)c([N+](=O)[O-])c2)cn1. The van der Waals surface area contributed by atoms with Crippen LogP contribution in [-0.2, 0) is 13.5 Å². The molecule has 146 valence electrons. The summed E-state index contributed by atoms with van der Waals surface area (Å²) in [6.07, 6.45) is 5.74. The van der Waals surface area contributed by atoms with Crippen LogP contribution in [0.2, 0.25) is 0 Å². The molecule has 0 radical (unpaired) electrons. The number of aromatic nitrogens is 5. The maximum Gasteiger partial charge on any atom is 0.273 e. The summed E-state index contributed by atoms with van der Waals surface area (Å²) in [6, 6.07) is 12.2. The lowest BCUT2D eigenvalue weighted by Crippen LogP contribution is -2.05. The first-order valence-electron chi connectivity index (χ1n) is 8.90. The summed E-state index contributed by atoms with van der Waals surface area (Å²) < 4.78 is 3.25. The highest BCUT2D eigenvalue weighted by atomic mass is 16.6. The number of nitrogens with zero attached hydrogens (tertiary/aromatic N) is 6. The van der Waals surface area contributed by atoms with E-state index in [0.717, 1.165) is 11.3 Å². The Balaban J connectivity index is 1.57. The minimum atomic E-state index is -0.872. The van der Waals surface area contributed by atoms with Crippen molar-refractivity contribution in [1.82, 2.24) is 24.5 Å². The molecule has 0 saturated carbocycles. The van der Waals surface area contributed by atoms with Crippen LogP contribution in [0.4, 0.5) is 5.69 Å². The summed E-state index contributed by atoms with van der Waals surface area (Å²) in [5, 5.41) is 30.4. The second kappa shape index (κ2) is 7.64. The second-order valence-electron chi connectivity index (χ2n) is 6.65. The zero-order chi connectivity index (χ0) is 20.4. The molecule has 2 aromatic carbocycles. The van der Waals surface area contributed by atoms with Gasteiger partial charge >= 0.3 is 0 Å². The highest BCUT2D eigenvalue weighted by molar-refractivity contribution is 5.66. The van der Waals surface area contributed by atoms with E-state index in [4.69, 9.17) is 0 Å². The first kappa shape index (κ1) is 18.5. The quantitative estimate of drug-likeness (QED) is 0.400. The molecule has 0 fully saturated rings. The molecule has 0 bridgehead atoms. The van der Waals surface area contributed by atoms with Crippen LogP contribution in [0.25, 0.3) is 16.8 Å². The number of aliphatic hydroxyl groups is 1. The van der Waals surface area contributed by atoms with Crippen LogP contribution in [0.5, 0.6) is 0 Å². The molecule has 1 atom stereocenters. The van der Waals surface area contributed by atoms with Gasteiger partial charge in [-0.05, 0) is 23.3 Å². The van der Waals surface area contributed by atoms with Crippen LogP contribution in [-0.4, -0.2) is 34.6 Å². The summed E-state index contributed by atoms with van der Waals surface area (Å²) in [4.78, 5) is 15.1. The largest absolute Gasteiger partial charge is 0.388 e. The third-order valence-electron chi connectivity index (χ3n) is 4.69. The highest BCUT2D eigenvalue weighted by Crippen LogP contribution is 2.30. The van der Waals surface area contributed by atoms with Gasteiger partial charge in [0.25, 0.3) is 5.69 Å². The number of benzene rings is 2. The van der Waals surface area contributed by atoms with Gasteiger partial charge in [0.15, 0.2) is 0 Å². The molecule has 0 aliphatic carbocycles. The fraction of sp³-hybridized carbons (Fsp3) is 0.150. The van der Waals surface area contributed by atoms with Crippen molar-refractivity contribution in [1.29, 1.82) is 0 Å². The van der Waals surface area contributed by atoms with Gasteiger partial charge in [0, 0.05) is 36.9 Å². The maximum atomic E-state index is 11.6. The van der Waals surface area contributed by atoms with Gasteiger partial charge in [-0.15, -0.1) is 0 Å². The number of rotatable bonds is 6. The molecule has 0 aliphatic rings. The molecule has 1 N–H and O–H groups in total. The molecule has 0 saturated heterocycles. The Hall–Kier alpha value is -3.85. The Morgan fingerprint density at radius 1 is 1.14 bits per heavy atom. The molecule has 1 unspecified atom stereocenters. The first-order valence-corrected chi connectivity index (χ1v) is 8.90. The highest BCUT2D eigenvalue weighted by Gasteiger charge is 2.19. The molecule has 0 spiro atoms. The number of hydrogen-bond donors (Lipinski definition) is 1. The minimum Gasteiger partial charge on any atom is -0.388 e. The van der Waals surface area contributed by atoms with E-state index in [0.29, 0.717) is 16.7 Å². The van der Waals surface area contributed by atoms with Crippen molar-refractivity contribution in [3.63, 3.8) is 0 Å². The van der Waals surface area contributed by atoms with Gasteiger partial charge in [0.1, 0.15) is 12.7 Å². The number of nitro benzene ring substituents is 1. The van der Waals surface area contributed by atoms with E-state index in [2.05, 4.69) is 15.2 Å². The maximum absolute atomic E-state index is 11.6. The van der Waals surface area contributed by atoms with Crippen LogP contribution >= 0.6 is 0 Å². The molecule has 29 heavy (non-hydrogen) atoms. The fourth-order valence-electron chi connectivity index (χ4n) is 3.17. The molecule has 2 heterocycles. The lowest BCUT2D eigenvalue weighted by molar-refractivity contribution is -0.385. The van der Waals surface area contributed by atoms with Crippen molar-refractivity contribution >= 4 is 5.69 Å². The number of hydrogen-bond acceptors (Lipinski definition) is 6. The van der Waals surface area contributed by atoms with E-state index in [1.807, 2.05) is 12.1 Å².